The van der Waals surface area contributed by atoms with Gasteiger partial charge in [-0.25, -0.2) is 4.39 Å². The molecule has 0 saturated carbocycles. The molecule has 0 aliphatic carbocycles. The lowest BCUT2D eigenvalue weighted by Gasteiger charge is -2.10. The first-order valence-corrected chi connectivity index (χ1v) is 6.44. The Hall–Kier alpha value is -1.75. The van der Waals surface area contributed by atoms with E-state index in [1.807, 2.05) is 18.2 Å². The molecule has 5 heteroatoms. The first-order chi connectivity index (χ1) is 9.10. The van der Waals surface area contributed by atoms with Crippen molar-refractivity contribution in [2.45, 2.75) is 6.54 Å². The molecule has 0 bridgehead atoms. The molecular weight excluding hydrogens is 313 g/mol. The van der Waals surface area contributed by atoms with Gasteiger partial charge in [0.25, 0.3) is 0 Å². The predicted molar refractivity (Wildman–Crippen MR) is 76.1 cm³/mol. The number of anilines is 1. The summed E-state index contributed by atoms with van der Waals surface area (Å²) in [6.45, 7) is 0.336. The quantitative estimate of drug-likeness (QED) is 0.895. The lowest BCUT2D eigenvalue weighted by atomic mass is 10.2. The molecule has 0 heterocycles. The van der Waals surface area contributed by atoms with Gasteiger partial charge in [-0.05, 0) is 52.3 Å². The second kappa shape index (κ2) is 5.93. The minimum Gasteiger partial charge on any atom is -0.508 e. The Morgan fingerprint density at radius 3 is 2.74 bits per heavy atom. The topological polar surface area (TPSA) is 41.5 Å². The Bertz CT molecular complexity index is 590. The van der Waals surface area contributed by atoms with Crippen LogP contribution in [0.4, 0.5) is 10.1 Å². The van der Waals surface area contributed by atoms with Crippen LogP contribution in [0.3, 0.4) is 0 Å². The molecule has 0 atom stereocenters. The van der Waals surface area contributed by atoms with E-state index in [1.54, 1.807) is 7.11 Å². The van der Waals surface area contributed by atoms with Crippen molar-refractivity contribution in [3.8, 4) is 11.5 Å². The number of nitrogens with one attached hydrogen (secondary N) is 1. The van der Waals surface area contributed by atoms with Gasteiger partial charge in [0.15, 0.2) is 0 Å². The average Bonchev–Trinajstić information content (AvgIpc) is 2.40. The third kappa shape index (κ3) is 3.38. The zero-order valence-corrected chi connectivity index (χ0v) is 11.9. The van der Waals surface area contributed by atoms with Crippen molar-refractivity contribution in [3.05, 3.63) is 52.3 Å². The zero-order chi connectivity index (χ0) is 13.8. The fraction of sp³-hybridized carbons (Fsp3) is 0.143. The average molecular weight is 326 g/mol. The minimum atomic E-state index is -0.370. The van der Waals surface area contributed by atoms with Gasteiger partial charge in [-0.2, -0.15) is 0 Å². The number of ether oxygens (including phenoxy) is 1. The number of rotatable bonds is 4. The zero-order valence-electron chi connectivity index (χ0n) is 10.3. The normalized spacial score (nSPS) is 10.3. The van der Waals surface area contributed by atoms with Gasteiger partial charge < -0.3 is 15.2 Å². The molecule has 0 aliphatic rings. The molecule has 2 aromatic carbocycles. The van der Waals surface area contributed by atoms with Gasteiger partial charge in [0.1, 0.15) is 17.3 Å². The highest BCUT2D eigenvalue weighted by Gasteiger charge is 2.04. The molecule has 0 fully saturated rings. The molecule has 100 valence electrons. The Morgan fingerprint density at radius 1 is 1.26 bits per heavy atom. The van der Waals surface area contributed by atoms with Crippen LogP contribution in [0.15, 0.2) is 40.9 Å². The fourth-order valence-corrected chi connectivity index (χ4v) is 2.21. The number of methoxy groups -OCH3 is 1. The second-order valence-corrected chi connectivity index (χ2v) is 4.83. The maximum Gasteiger partial charge on any atom is 0.133 e. The maximum absolute atomic E-state index is 13.1. The van der Waals surface area contributed by atoms with Crippen LogP contribution in [-0.2, 0) is 6.54 Å². The summed E-state index contributed by atoms with van der Waals surface area (Å²) in [6.07, 6.45) is 0. The fourth-order valence-electron chi connectivity index (χ4n) is 1.67. The van der Waals surface area contributed by atoms with Crippen LogP contribution in [0.1, 0.15) is 5.56 Å². The van der Waals surface area contributed by atoms with Crippen LogP contribution in [0.25, 0.3) is 0 Å². The van der Waals surface area contributed by atoms with Crippen molar-refractivity contribution in [2.24, 2.45) is 0 Å². The third-order valence-electron chi connectivity index (χ3n) is 2.68. The van der Waals surface area contributed by atoms with Gasteiger partial charge >= 0.3 is 0 Å². The van der Waals surface area contributed by atoms with Gasteiger partial charge in [-0.15, -0.1) is 0 Å². The van der Waals surface area contributed by atoms with Crippen LogP contribution in [0, 0.1) is 5.82 Å². The summed E-state index contributed by atoms with van der Waals surface area (Å²) in [6, 6.07) is 9.40. The molecule has 0 saturated heterocycles. The molecule has 0 radical (unpaired) electrons. The molecule has 3 nitrogen and oxygen atoms in total. The third-order valence-corrected chi connectivity index (χ3v) is 3.30. The van der Waals surface area contributed by atoms with Crippen LogP contribution in [0.2, 0.25) is 0 Å². The monoisotopic (exact) mass is 325 g/mol. The molecule has 2 N–H and O–H groups in total. The van der Waals surface area contributed by atoms with Crippen LogP contribution < -0.4 is 10.1 Å². The Labute approximate surface area is 119 Å². The highest BCUT2D eigenvalue weighted by atomic mass is 79.9. The summed E-state index contributed by atoms with van der Waals surface area (Å²) in [7, 11) is 1.60. The van der Waals surface area contributed by atoms with Crippen LogP contribution in [0.5, 0.6) is 11.5 Å². The maximum atomic E-state index is 13.1. The first kappa shape index (κ1) is 13.7. The molecule has 0 aliphatic heterocycles. The Kier molecular flexibility index (Phi) is 4.27. The SMILES string of the molecule is COc1ccc(NCc2cc(F)ccc2O)cc1Br. The molecule has 0 spiro atoms. The molecular formula is C14H13BrFNO2. The summed E-state index contributed by atoms with van der Waals surface area (Å²) in [5, 5.41) is 12.7. The lowest BCUT2D eigenvalue weighted by Crippen LogP contribution is -2.00. The molecule has 2 aromatic rings. The predicted octanol–water partition coefficient (Wildman–Crippen LogP) is 3.91. The van der Waals surface area contributed by atoms with Gasteiger partial charge in [0.05, 0.1) is 11.6 Å². The van der Waals surface area contributed by atoms with Gasteiger partial charge in [-0.3, -0.25) is 0 Å². The van der Waals surface area contributed by atoms with Gasteiger partial charge in [0.2, 0.25) is 0 Å². The largest absolute Gasteiger partial charge is 0.508 e. The number of phenolic OH excluding ortho intramolecular Hbond substituents is 1. The molecule has 0 amide bonds. The van der Waals surface area contributed by atoms with E-state index < -0.39 is 0 Å². The number of phenols is 1. The van der Waals surface area contributed by atoms with Crippen LogP contribution in [-0.4, -0.2) is 12.2 Å². The Morgan fingerprint density at radius 2 is 2.05 bits per heavy atom. The molecule has 19 heavy (non-hydrogen) atoms. The van der Waals surface area contributed by atoms with E-state index in [-0.39, 0.29) is 11.6 Å². The standard InChI is InChI=1S/C14H13BrFNO2/c1-19-14-5-3-11(7-12(14)15)17-8-9-6-10(16)2-4-13(9)18/h2-7,17-18H,8H2,1H3. The highest BCUT2D eigenvalue weighted by Crippen LogP contribution is 2.28. The lowest BCUT2D eigenvalue weighted by molar-refractivity contribution is 0.412. The smallest absolute Gasteiger partial charge is 0.133 e. The van der Waals surface area contributed by atoms with Crippen molar-refractivity contribution in [3.63, 3.8) is 0 Å². The van der Waals surface area contributed by atoms with Crippen molar-refractivity contribution >= 4 is 21.6 Å². The van der Waals surface area contributed by atoms with E-state index >= 15 is 0 Å². The van der Waals surface area contributed by atoms with Crippen LogP contribution >= 0.6 is 15.9 Å². The minimum absolute atomic E-state index is 0.0708. The number of hydrogen-bond acceptors (Lipinski definition) is 3. The van der Waals surface area contributed by atoms with Crippen molar-refractivity contribution in [1.82, 2.24) is 0 Å². The van der Waals surface area contributed by atoms with E-state index in [0.29, 0.717) is 12.1 Å². The Balaban J connectivity index is 2.10. The van der Waals surface area contributed by atoms with Gasteiger partial charge in [0, 0.05) is 17.8 Å². The van der Waals surface area contributed by atoms with E-state index in [2.05, 4.69) is 21.2 Å². The van der Waals surface area contributed by atoms with E-state index in [0.717, 1.165) is 15.9 Å². The first-order valence-electron chi connectivity index (χ1n) is 5.65. The van der Waals surface area contributed by atoms with E-state index in [4.69, 9.17) is 4.74 Å². The van der Waals surface area contributed by atoms with Gasteiger partial charge in [-0.1, -0.05) is 0 Å². The van der Waals surface area contributed by atoms with Crippen molar-refractivity contribution in [2.75, 3.05) is 12.4 Å². The number of halogens is 2. The second-order valence-electron chi connectivity index (χ2n) is 3.98. The summed E-state index contributed by atoms with van der Waals surface area (Å²) in [5.41, 5.74) is 1.35. The summed E-state index contributed by atoms with van der Waals surface area (Å²) in [4.78, 5) is 0. The number of hydrogen-bond donors (Lipinski definition) is 2. The number of aromatic hydroxyl groups is 1. The number of benzene rings is 2. The van der Waals surface area contributed by atoms with Crippen molar-refractivity contribution < 1.29 is 14.2 Å². The van der Waals surface area contributed by atoms with Crippen molar-refractivity contribution in [1.29, 1.82) is 0 Å². The van der Waals surface area contributed by atoms with E-state index in [1.165, 1.54) is 18.2 Å². The molecule has 2 rings (SSSR count). The van der Waals surface area contributed by atoms with E-state index in [9.17, 15) is 9.50 Å². The highest BCUT2D eigenvalue weighted by molar-refractivity contribution is 9.10. The summed E-state index contributed by atoms with van der Waals surface area (Å²) in [5.74, 6) is 0.436. The molecule has 0 unspecified atom stereocenters. The summed E-state index contributed by atoms with van der Waals surface area (Å²) >= 11 is 3.39. The summed E-state index contributed by atoms with van der Waals surface area (Å²) < 4.78 is 19.0. The molecule has 0 aromatic heterocycles.